The van der Waals surface area contributed by atoms with Crippen molar-refractivity contribution in [3.8, 4) is 11.1 Å². The zero-order valence-corrected chi connectivity index (χ0v) is 20.3. The second kappa shape index (κ2) is 10.2. The van der Waals surface area contributed by atoms with E-state index in [1.807, 2.05) is 0 Å². The van der Waals surface area contributed by atoms with Gasteiger partial charge in [-0.3, -0.25) is 9.59 Å². The van der Waals surface area contributed by atoms with E-state index in [0.29, 0.717) is 0 Å². The number of ether oxygens (including phenoxy) is 2. The number of benzene rings is 2. The molecule has 0 aliphatic rings. The van der Waals surface area contributed by atoms with Gasteiger partial charge >= 0.3 is 11.9 Å². The van der Waals surface area contributed by atoms with Crippen molar-refractivity contribution in [3.05, 3.63) is 43.8 Å². The van der Waals surface area contributed by atoms with E-state index in [2.05, 4.69) is 42.5 Å². The number of rotatable bonds is 5. The van der Waals surface area contributed by atoms with Gasteiger partial charge in [-0.2, -0.15) is 0 Å². The third-order valence-corrected chi connectivity index (χ3v) is 5.26. The van der Waals surface area contributed by atoms with Gasteiger partial charge in [-0.25, -0.2) is 18.4 Å². The Labute approximate surface area is 197 Å². The highest BCUT2D eigenvalue weighted by Gasteiger charge is 2.31. The number of esters is 2. The molecule has 0 atom stereocenters. The highest BCUT2D eigenvalue weighted by Crippen LogP contribution is 2.45. The third kappa shape index (κ3) is 4.96. The van der Waals surface area contributed by atoms with E-state index in [9.17, 15) is 19.2 Å². The highest BCUT2D eigenvalue weighted by molar-refractivity contribution is 9.10. The van der Waals surface area contributed by atoms with Gasteiger partial charge in [0.1, 0.15) is 11.6 Å². The number of hydrogen-bond donors (Lipinski definition) is 2. The number of halogens is 4. The van der Waals surface area contributed by atoms with E-state index >= 15 is 8.78 Å². The lowest BCUT2D eigenvalue weighted by molar-refractivity contribution is -0.115. The monoisotopic (exact) mass is 576 g/mol. The standard InChI is InChI=1S/C20H16Br2F2N2O6/c1-7(27)25-17-9(19(29)31-3)5-11(21)15(23)13(17)14-16(24)12(22)6-10(20(30)32-4)18(14)26-8(2)28/h5-6H,1-4H3,(H,25,27)(H,26,28). The molecule has 0 unspecified atom stereocenters. The van der Waals surface area contributed by atoms with Crippen molar-refractivity contribution in [1.29, 1.82) is 0 Å². The summed E-state index contributed by atoms with van der Waals surface area (Å²) in [6.45, 7) is 2.19. The van der Waals surface area contributed by atoms with Crippen molar-refractivity contribution in [2.75, 3.05) is 24.9 Å². The van der Waals surface area contributed by atoms with Crippen molar-refractivity contribution < 1.29 is 37.4 Å². The first-order valence-corrected chi connectivity index (χ1v) is 10.3. The molecule has 0 aromatic heterocycles. The minimum Gasteiger partial charge on any atom is -0.465 e. The Morgan fingerprint density at radius 2 is 1.06 bits per heavy atom. The first-order chi connectivity index (χ1) is 14.9. The number of carbonyl (C=O) groups is 4. The topological polar surface area (TPSA) is 111 Å². The van der Waals surface area contributed by atoms with Crippen LogP contribution >= 0.6 is 31.9 Å². The molecule has 0 saturated carbocycles. The van der Waals surface area contributed by atoms with Gasteiger partial charge in [0.2, 0.25) is 11.8 Å². The molecule has 12 heteroatoms. The van der Waals surface area contributed by atoms with Gasteiger partial charge < -0.3 is 20.1 Å². The van der Waals surface area contributed by atoms with Crippen molar-refractivity contribution >= 4 is 67.0 Å². The smallest absolute Gasteiger partial charge is 0.340 e. The summed E-state index contributed by atoms with van der Waals surface area (Å²) in [5.74, 6) is -5.49. The Balaban J connectivity index is 3.17. The van der Waals surface area contributed by atoms with Crippen LogP contribution in [0, 0.1) is 11.6 Å². The van der Waals surface area contributed by atoms with Crippen LogP contribution in [0.15, 0.2) is 21.1 Å². The number of anilines is 2. The van der Waals surface area contributed by atoms with Crippen LogP contribution < -0.4 is 10.6 Å². The Hall–Kier alpha value is -2.86. The molecule has 32 heavy (non-hydrogen) atoms. The SMILES string of the molecule is COC(=O)c1cc(Br)c(F)c(-c2c(F)c(Br)cc(C(=O)OC)c2NC(C)=O)c1NC(C)=O. The molecule has 0 radical (unpaired) electrons. The molecule has 0 saturated heterocycles. The first-order valence-electron chi connectivity index (χ1n) is 8.70. The average molecular weight is 578 g/mol. The summed E-state index contributed by atoms with van der Waals surface area (Å²) in [6.07, 6.45) is 0. The molecular weight excluding hydrogens is 562 g/mol. The fourth-order valence-electron chi connectivity index (χ4n) is 2.88. The molecule has 2 aromatic carbocycles. The second-order valence-corrected chi connectivity index (χ2v) is 7.99. The Morgan fingerprint density at radius 1 is 0.750 bits per heavy atom. The fourth-order valence-corrected chi connectivity index (χ4v) is 3.73. The summed E-state index contributed by atoms with van der Waals surface area (Å²) >= 11 is 5.93. The second-order valence-electron chi connectivity index (χ2n) is 6.29. The number of carbonyl (C=O) groups excluding carboxylic acids is 4. The van der Waals surface area contributed by atoms with Crippen molar-refractivity contribution in [3.63, 3.8) is 0 Å². The van der Waals surface area contributed by atoms with Crippen molar-refractivity contribution in [2.45, 2.75) is 13.8 Å². The molecule has 0 spiro atoms. The Bertz CT molecular complexity index is 1060. The lowest BCUT2D eigenvalue weighted by Crippen LogP contribution is -2.18. The maximum absolute atomic E-state index is 15.4. The summed E-state index contributed by atoms with van der Waals surface area (Å²) in [5, 5.41) is 4.60. The van der Waals surface area contributed by atoms with E-state index < -0.39 is 57.9 Å². The average Bonchev–Trinajstić information content (AvgIpc) is 2.72. The van der Waals surface area contributed by atoms with E-state index in [0.717, 1.165) is 40.2 Å². The van der Waals surface area contributed by atoms with Crippen LogP contribution in [0.1, 0.15) is 34.6 Å². The molecule has 2 rings (SSSR count). The molecule has 2 N–H and O–H groups in total. The molecule has 0 heterocycles. The van der Waals surface area contributed by atoms with Gasteiger partial charge in [0.05, 0.1) is 45.7 Å². The highest BCUT2D eigenvalue weighted by atomic mass is 79.9. The summed E-state index contributed by atoms with van der Waals surface area (Å²) in [6, 6.07) is 2.09. The normalized spacial score (nSPS) is 10.4. The Morgan fingerprint density at radius 3 is 1.31 bits per heavy atom. The molecule has 0 aliphatic heterocycles. The van der Waals surface area contributed by atoms with Gasteiger partial charge in [-0.1, -0.05) is 0 Å². The van der Waals surface area contributed by atoms with E-state index in [1.54, 1.807) is 0 Å². The van der Waals surface area contributed by atoms with Crippen LogP contribution in [0.5, 0.6) is 0 Å². The largest absolute Gasteiger partial charge is 0.465 e. The minimum absolute atomic E-state index is 0.269. The van der Waals surface area contributed by atoms with Crippen LogP contribution in [0.4, 0.5) is 20.2 Å². The van der Waals surface area contributed by atoms with Crippen LogP contribution in [-0.4, -0.2) is 38.0 Å². The van der Waals surface area contributed by atoms with Crippen LogP contribution in [0.2, 0.25) is 0 Å². The van der Waals surface area contributed by atoms with Crippen molar-refractivity contribution in [1.82, 2.24) is 0 Å². The van der Waals surface area contributed by atoms with E-state index in [-0.39, 0.29) is 20.1 Å². The Kier molecular flexibility index (Phi) is 8.07. The zero-order chi connectivity index (χ0) is 24.3. The summed E-state index contributed by atoms with van der Waals surface area (Å²) in [4.78, 5) is 48.4. The summed E-state index contributed by atoms with van der Waals surface area (Å²) in [5.41, 5.74) is -2.68. The van der Waals surface area contributed by atoms with Gasteiger partial charge in [-0.15, -0.1) is 0 Å². The zero-order valence-electron chi connectivity index (χ0n) is 17.1. The fraction of sp³-hybridized carbons (Fsp3) is 0.200. The number of amides is 2. The maximum atomic E-state index is 15.4. The number of hydrogen-bond acceptors (Lipinski definition) is 6. The predicted octanol–water partition coefficient (Wildman–Crippen LogP) is 4.65. The molecule has 0 fully saturated rings. The van der Waals surface area contributed by atoms with E-state index in [4.69, 9.17) is 9.47 Å². The van der Waals surface area contributed by atoms with Crippen LogP contribution in [0.25, 0.3) is 11.1 Å². The van der Waals surface area contributed by atoms with Crippen LogP contribution in [0.3, 0.4) is 0 Å². The van der Waals surface area contributed by atoms with Crippen molar-refractivity contribution in [2.24, 2.45) is 0 Å². The maximum Gasteiger partial charge on any atom is 0.340 e. The summed E-state index contributed by atoms with van der Waals surface area (Å²) in [7, 11) is 2.13. The molecule has 2 aromatic rings. The van der Waals surface area contributed by atoms with Gasteiger partial charge in [0.15, 0.2) is 0 Å². The van der Waals surface area contributed by atoms with Gasteiger partial charge in [0.25, 0.3) is 0 Å². The van der Waals surface area contributed by atoms with Gasteiger partial charge in [-0.05, 0) is 44.0 Å². The molecule has 0 aliphatic carbocycles. The predicted molar refractivity (Wildman–Crippen MR) is 118 cm³/mol. The lowest BCUT2D eigenvalue weighted by atomic mass is 9.94. The summed E-state index contributed by atoms with van der Waals surface area (Å²) < 4.78 is 39.7. The molecule has 170 valence electrons. The minimum atomic E-state index is -1.08. The van der Waals surface area contributed by atoms with E-state index in [1.165, 1.54) is 0 Å². The molecule has 2 amide bonds. The number of nitrogens with one attached hydrogen (secondary N) is 2. The first kappa shape index (κ1) is 25.4. The molecule has 8 nitrogen and oxygen atoms in total. The molecule has 0 bridgehead atoms. The number of methoxy groups -OCH3 is 2. The lowest BCUT2D eigenvalue weighted by Gasteiger charge is -2.21. The third-order valence-electron chi connectivity index (χ3n) is 4.10. The van der Waals surface area contributed by atoms with Gasteiger partial charge in [0, 0.05) is 25.0 Å². The van der Waals surface area contributed by atoms with Crippen LogP contribution in [-0.2, 0) is 19.1 Å². The quantitative estimate of drug-likeness (QED) is 0.501. The molecular formula is C20H16Br2F2N2O6.